The Labute approximate surface area is 58.5 Å². The van der Waals surface area contributed by atoms with E-state index in [9.17, 15) is 10.1 Å². The lowest BCUT2D eigenvalue weighted by Crippen LogP contribution is -1.98. The minimum Gasteiger partial charge on any atom is -0.399 e. The summed E-state index contributed by atoms with van der Waals surface area (Å²) >= 11 is 0. The summed E-state index contributed by atoms with van der Waals surface area (Å²) in [6.45, 7) is 6.50. The molecule has 0 heterocycles. The second-order valence-corrected chi connectivity index (χ2v) is 1.61. The van der Waals surface area contributed by atoms with E-state index in [4.69, 9.17) is 5.73 Å². The van der Waals surface area contributed by atoms with E-state index in [1.807, 2.05) is 0 Å². The van der Waals surface area contributed by atoms with E-state index in [0.29, 0.717) is 0 Å². The van der Waals surface area contributed by atoms with Crippen LogP contribution in [0.25, 0.3) is 0 Å². The molecule has 54 valence electrons. The third-order valence-corrected chi connectivity index (χ3v) is 0.753. The first-order valence-corrected chi connectivity index (χ1v) is 2.51. The van der Waals surface area contributed by atoms with Crippen LogP contribution in [0, 0.1) is 10.1 Å². The van der Waals surface area contributed by atoms with Gasteiger partial charge >= 0.3 is 0 Å². The Morgan fingerprint density at radius 3 is 2.30 bits per heavy atom. The highest BCUT2D eigenvalue weighted by Gasteiger charge is 2.02. The van der Waals surface area contributed by atoms with Crippen molar-refractivity contribution in [1.29, 1.82) is 0 Å². The van der Waals surface area contributed by atoms with E-state index < -0.39 is 4.92 Å². The minimum absolute atomic E-state index is 0.145. The standard InChI is InChI=1S/C6H8N2O2/c1-3-6(8(9)10)4-5(2)7/h3-4H,1-2,7H2/b6-4+. The Balaban J connectivity index is 4.49. The summed E-state index contributed by atoms with van der Waals surface area (Å²) in [6.07, 6.45) is 2.26. The highest BCUT2D eigenvalue weighted by molar-refractivity contribution is 5.19. The van der Waals surface area contributed by atoms with Gasteiger partial charge in [-0.1, -0.05) is 13.2 Å². The van der Waals surface area contributed by atoms with Crippen LogP contribution in [0.5, 0.6) is 0 Å². The van der Waals surface area contributed by atoms with Crippen molar-refractivity contribution in [3.8, 4) is 0 Å². The second kappa shape index (κ2) is 3.45. The van der Waals surface area contributed by atoms with Crippen LogP contribution in [-0.4, -0.2) is 4.92 Å². The van der Waals surface area contributed by atoms with Crippen molar-refractivity contribution in [3.63, 3.8) is 0 Å². The number of nitrogens with two attached hydrogens (primary N) is 1. The molecule has 0 spiro atoms. The molecule has 4 heteroatoms. The maximum Gasteiger partial charge on any atom is 0.270 e. The van der Waals surface area contributed by atoms with Gasteiger partial charge in [0.2, 0.25) is 0 Å². The average molecular weight is 140 g/mol. The van der Waals surface area contributed by atoms with Crippen molar-refractivity contribution < 1.29 is 4.92 Å². The Bertz CT molecular complexity index is 206. The van der Waals surface area contributed by atoms with Crippen LogP contribution in [0.2, 0.25) is 0 Å². The lowest BCUT2D eigenvalue weighted by Gasteiger charge is -1.88. The molecule has 0 fully saturated rings. The van der Waals surface area contributed by atoms with Gasteiger partial charge in [-0.2, -0.15) is 0 Å². The molecule has 0 bridgehead atoms. The van der Waals surface area contributed by atoms with E-state index in [2.05, 4.69) is 13.2 Å². The number of rotatable bonds is 3. The Morgan fingerprint density at radius 2 is 2.20 bits per heavy atom. The van der Waals surface area contributed by atoms with Crippen LogP contribution in [0.1, 0.15) is 0 Å². The average Bonchev–Trinajstić information content (AvgIpc) is 1.81. The van der Waals surface area contributed by atoms with Crippen molar-refractivity contribution >= 4 is 0 Å². The molecule has 0 rings (SSSR count). The maximum absolute atomic E-state index is 10.0. The third-order valence-electron chi connectivity index (χ3n) is 0.753. The number of nitro groups is 1. The summed E-state index contributed by atoms with van der Waals surface area (Å²) in [5.74, 6) is 0. The predicted molar refractivity (Wildman–Crippen MR) is 38.6 cm³/mol. The molecule has 0 aliphatic rings. The predicted octanol–water partition coefficient (Wildman–Crippen LogP) is 0.805. The molecule has 0 aromatic carbocycles. The molecule has 0 unspecified atom stereocenters. The maximum atomic E-state index is 10.0. The molecule has 4 nitrogen and oxygen atoms in total. The van der Waals surface area contributed by atoms with Gasteiger partial charge in [-0.15, -0.1) is 0 Å². The van der Waals surface area contributed by atoms with Gasteiger partial charge in [-0.05, 0) is 0 Å². The molecule has 2 N–H and O–H groups in total. The monoisotopic (exact) mass is 140 g/mol. The van der Waals surface area contributed by atoms with Gasteiger partial charge < -0.3 is 5.73 Å². The van der Waals surface area contributed by atoms with Gasteiger partial charge in [0, 0.05) is 17.8 Å². The topological polar surface area (TPSA) is 69.2 Å². The number of hydrogen-bond acceptors (Lipinski definition) is 3. The fraction of sp³-hybridized carbons (Fsp3) is 0. The summed E-state index contributed by atoms with van der Waals surface area (Å²) in [4.78, 5) is 9.46. The van der Waals surface area contributed by atoms with Crippen LogP contribution in [0.15, 0.2) is 36.7 Å². The van der Waals surface area contributed by atoms with E-state index in [1.54, 1.807) is 0 Å². The molecule has 0 aromatic rings. The minimum atomic E-state index is -0.578. The molecule has 0 amide bonds. The normalized spacial score (nSPS) is 10.6. The summed E-state index contributed by atoms with van der Waals surface area (Å²) in [7, 11) is 0. The molecule has 0 saturated heterocycles. The first-order valence-electron chi connectivity index (χ1n) is 2.51. The highest BCUT2D eigenvalue weighted by Crippen LogP contribution is 1.97. The van der Waals surface area contributed by atoms with Crippen molar-refractivity contribution in [2.45, 2.75) is 0 Å². The fourth-order valence-corrected chi connectivity index (χ4v) is 0.376. The molecule has 0 aromatic heterocycles. The molecule has 0 aliphatic carbocycles. The van der Waals surface area contributed by atoms with Crippen LogP contribution >= 0.6 is 0 Å². The summed E-state index contributed by atoms with van der Waals surface area (Å²) in [5, 5.41) is 10.0. The van der Waals surface area contributed by atoms with Crippen LogP contribution in [0.4, 0.5) is 0 Å². The summed E-state index contributed by atoms with van der Waals surface area (Å²) in [6, 6.07) is 0. The van der Waals surface area contributed by atoms with Gasteiger partial charge in [0.05, 0.1) is 4.92 Å². The van der Waals surface area contributed by atoms with Crippen molar-refractivity contribution in [1.82, 2.24) is 0 Å². The van der Waals surface area contributed by atoms with Gasteiger partial charge in [-0.3, -0.25) is 10.1 Å². The van der Waals surface area contributed by atoms with Gasteiger partial charge in [0.15, 0.2) is 0 Å². The Kier molecular flexibility index (Phi) is 2.90. The molecule has 0 atom stereocenters. The highest BCUT2D eigenvalue weighted by atomic mass is 16.6. The molecular formula is C6H8N2O2. The van der Waals surface area contributed by atoms with Crippen molar-refractivity contribution in [2.24, 2.45) is 5.73 Å². The number of allylic oxidation sites excluding steroid dienone is 2. The SMILES string of the molecule is C=C/C(=C\C(=C)N)[N+](=O)[O-]. The van der Waals surface area contributed by atoms with E-state index >= 15 is 0 Å². The lowest BCUT2D eigenvalue weighted by atomic mass is 10.3. The number of hydrogen-bond donors (Lipinski definition) is 1. The Hall–Kier alpha value is -1.58. The molecule has 0 saturated carbocycles. The zero-order valence-corrected chi connectivity index (χ0v) is 5.41. The Morgan fingerprint density at radius 1 is 1.70 bits per heavy atom. The third kappa shape index (κ3) is 2.66. The summed E-state index contributed by atoms with van der Waals surface area (Å²) in [5.41, 5.74) is 5.08. The van der Waals surface area contributed by atoms with Crippen LogP contribution in [-0.2, 0) is 0 Å². The largest absolute Gasteiger partial charge is 0.399 e. The fourth-order valence-electron chi connectivity index (χ4n) is 0.376. The molecular weight excluding hydrogens is 132 g/mol. The second-order valence-electron chi connectivity index (χ2n) is 1.61. The first kappa shape index (κ1) is 8.42. The van der Waals surface area contributed by atoms with Gasteiger partial charge in [-0.25, -0.2) is 0 Å². The van der Waals surface area contributed by atoms with E-state index in [-0.39, 0.29) is 11.4 Å². The first-order chi connectivity index (χ1) is 4.57. The molecule has 0 radical (unpaired) electrons. The van der Waals surface area contributed by atoms with Crippen LogP contribution in [0.3, 0.4) is 0 Å². The molecule has 0 aliphatic heterocycles. The van der Waals surface area contributed by atoms with E-state index in [0.717, 1.165) is 12.2 Å². The smallest absolute Gasteiger partial charge is 0.270 e. The lowest BCUT2D eigenvalue weighted by molar-refractivity contribution is -0.419. The van der Waals surface area contributed by atoms with Gasteiger partial charge in [0.25, 0.3) is 5.70 Å². The summed E-state index contributed by atoms with van der Waals surface area (Å²) < 4.78 is 0. The van der Waals surface area contributed by atoms with Crippen LogP contribution < -0.4 is 5.73 Å². The van der Waals surface area contributed by atoms with Crippen molar-refractivity contribution in [3.05, 3.63) is 46.8 Å². The van der Waals surface area contributed by atoms with E-state index in [1.165, 1.54) is 0 Å². The quantitative estimate of drug-likeness (QED) is 0.358. The molecule has 10 heavy (non-hydrogen) atoms. The van der Waals surface area contributed by atoms with Gasteiger partial charge in [0.1, 0.15) is 0 Å². The number of nitrogens with zero attached hydrogens (tertiary/aromatic N) is 1. The zero-order chi connectivity index (χ0) is 8.15. The zero-order valence-electron chi connectivity index (χ0n) is 5.41. The van der Waals surface area contributed by atoms with Crippen molar-refractivity contribution in [2.75, 3.05) is 0 Å².